The van der Waals surface area contributed by atoms with Crippen LogP contribution < -0.4 is 10.6 Å². The van der Waals surface area contributed by atoms with Gasteiger partial charge in [0.2, 0.25) is 5.91 Å². The summed E-state index contributed by atoms with van der Waals surface area (Å²) in [5.74, 6) is -0.000875. The molecule has 0 aromatic heterocycles. The van der Waals surface area contributed by atoms with E-state index in [1.54, 1.807) is 0 Å². The lowest BCUT2D eigenvalue weighted by molar-refractivity contribution is -0.140. The van der Waals surface area contributed by atoms with Crippen LogP contribution in [0.15, 0.2) is 24.3 Å². The van der Waals surface area contributed by atoms with Gasteiger partial charge in [-0.25, -0.2) is 4.39 Å². The van der Waals surface area contributed by atoms with E-state index in [2.05, 4.69) is 9.80 Å². The molecule has 5 nitrogen and oxygen atoms in total. The summed E-state index contributed by atoms with van der Waals surface area (Å²) in [5.41, 5.74) is 7.17. The van der Waals surface area contributed by atoms with Gasteiger partial charge < -0.3 is 15.5 Å². The molecule has 0 saturated carbocycles. The number of carbonyl (C=O) groups excluding carboxylic acids is 1. The number of carbonyl (C=O) groups is 1. The number of benzene rings is 1. The van der Waals surface area contributed by atoms with Crippen LogP contribution in [0.2, 0.25) is 0 Å². The van der Waals surface area contributed by atoms with Crippen molar-refractivity contribution in [1.29, 1.82) is 0 Å². The summed E-state index contributed by atoms with van der Waals surface area (Å²) in [6, 6.07) is 6.70. The average molecular weight is 362 g/mol. The number of nitrogens with zero attached hydrogens (tertiary/aromatic N) is 3. The zero-order chi connectivity index (χ0) is 18.7. The Bertz CT molecular complexity index is 598. The van der Waals surface area contributed by atoms with Crippen LogP contribution in [-0.4, -0.2) is 66.6 Å². The Kier molecular flexibility index (Phi) is 6.14. The fourth-order valence-corrected chi connectivity index (χ4v) is 4.19. The number of anilines is 1. The van der Waals surface area contributed by atoms with E-state index in [1.807, 2.05) is 30.9 Å². The molecule has 2 heterocycles. The van der Waals surface area contributed by atoms with Crippen LogP contribution in [0.1, 0.15) is 33.1 Å². The van der Waals surface area contributed by atoms with E-state index < -0.39 is 0 Å². The van der Waals surface area contributed by atoms with Gasteiger partial charge in [0.1, 0.15) is 5.82 Å². The summed E-state index contributed by atoms with van der Waals surface area (Å²) in [4.78, 5) is 19.6. The summed E-state index contributed by atoms with van der Waals surface area (Å²) < 4.78 is 13.1. The highest BCUT2D eigenvalue weighted by atomic mass is 19.1. The molecular weight excluding hydrogens is 331 g/mol. The van der Waals surface area contributed by atoms with Gasteiger partial charge in [-0.05, 0) is 57.4 Å². The van der Waals surface area contributed by atoms with Crippen molar-refractivity contribution < 1.29 is 9.18 Å². The first-order valence-corrected chi connectivity index (χ1v) is 9.78. The first-order chi connectivity index (χ1) is 12.5. The molecule has 0 radical (unpaired) electrons. The lowest BCUT2D eigenvalue weighted by Crippen LogP contribution is -2.59. The second kappa shape index (κ2) is 8.35. The second-order valence-corrected chi connectivity index (χ2v) is 7.63. The number of nitrogens with two attached hydrogens (primary N) is 1. The highest BCUT2D eigenvalue weighted by Gasteiger charge is 2.34. The minimum Gasteiger partial charge on any atom is -0.369 e. The van der Waals surface area contributed by atoms with Crippen molar-refractivity contribution in [2.24, 2.45) is 5.73 Å². The molecule has 0 bridgehead atoms. The molecule has 2 fully saturated rings. The Balaban J connectivity index is 1.58. The van der Waals surface area contributed by atoms with Crippen LogP contribution in [0.25, 0.3) is 0 Å². The topological polar surface area (TPSA) is 52.8 Å². The minimum absolute atomic E-state index is 0.0155. The molecule has 2 aliphatic rings. The SMILES string of the molecule is CC(N)C1CCCCN1C(=O)C(C)N1CCN(c2ccc(F)cc2)CC1. The number of rotatable bonds is 4. The average Bonchev–Trinajstić information content (AvgIpc) is 2.67. The summed E-state index contributed by atoms with van der Waals surface area (Å²) in [7, 11) is 0. The van der Waals surface area contributed by atoms with Gasteiger partial charge in [0.15, 0.2) is 0 Å². The Hall–Kier alpha value is -1.66. The number of halogens is 1. The predicted molar refractivity (Wildman–Crippen MR) is 103 cm³/mol. The van der Waals surface area contributed by atoms with E-state index in [1.165, 1.54) is 12.1 Å². The number of piperidine rings is 1. The van der Waals surface area contributed by atoms with Crippen molar-refractivity contribution >= 4 is 11.6 Å². The van der Waals surface area contributed by atoms with E-state index >= 15 is 0 Å². The molecule has 1 amide bonds. The Labute approximate surface area is 155 Å². The normalized spacial score (nSPS) is 24.4. The minimum atomic E-state index is -0.211. The van der Waals surface area contributed by atoms with Gasteiger partial charge >= 0.3 is 0 Å². The van der Waals surface area contributed by atoms with Crippen LogP contribution >= 0.6 is 0 Å². The molecule has 1 aromatic rings. The standard InChI is InChI=1S/C20H31FN4O/c1-15(22)19-5-3-4-10-25(19)20(26)16(2)23-11-13-24(14-12-23)18-8-6-17(21)7-9-18/h6-9,15-16,19H,3-5,10-14,22H2,1-2H3. The Morgan fingerprint density at radius 1 is 1.08 bits per heavy atom. The number of amides is 1. The molecule has 3 unspecified atom stereocenters. The largest absolute Gasteiger partial charge is 0.369 e. The van der Waals surface area contributed by atoms with Crippen molar-refractivity contribution in [3.63, 3.8) is 0 Å². The number of hydrogen-bond acceptors (Lipinski definition) is 4. The second-order valence-electron chi connectivity index (χ2n) is 7.63. The van der Waals surface area contributed by atoms with Crippen LogP contribution in [0.5, 0.6) is 0 Å². The molecule has 3 atom stereocenters. The molecule has 3 rings (SSSR count). The molecule has 0 aliphatic carbocycles. The van der Waals surface area contributed by atoms with E-state index in [9.17, 15) is 9.18 Å². The van der Waals surface area contributed by atoms with Crippen LogP contribution in [0, 0.1) is 5.82 Å². The maximum absolute atomic E-state index is 13.1. The maximum Gasteiger partial charge on any atom is 0.239 e. The lowest BCUT2D eigenvalue weighted by atomic mass is 9.96. The fraction of sp³-hybridized carbons (Fsp3) is 0.650. The Morgan fingerprint density at radius 2 is 1.73 bits per heavy atom. The third-order valence-electron chi connectivity index (χ3n) is 5.85. The molecule has 2 saturated heterocycles. The summed E-state index contributed by atoms with van der Waals surface area (Å²) in [5, 5.41) is 0. The molecule has 26 heavy (non-hydrogen) atoms. The third kappa shape index (κ3) is 4.18. The maximum atomic E-state index is 13.1. The zero-order valence-electron chi connectivity index (χ0n) is 15.9. The first kappa shape index (κ1) is 19.1. The monoisotopic (exact) mass is 362 g/mol. The van der Waals surface area contributed by atoms with Crippen LogP contribution in [-0.2, 0) is 4.79 Å². The van der Waals surface area contributed by atoms with Gasteiger partial charge in [-0.1, -0.05) is 0 Å². The molecular formula is C20H31FN4O. The zero-order valence-corrected chi connectivity index (χ0v) is 15.9. The van der Waals surface area contributed by atoms with Gasteiger partial charge in [0.25, 0.3) is 0 Å². The van der Waals surface area contributed by atoms with Crippen molar-refractivity contribution in [3.05, 3.63) is 30.1 Å². The predicted octanol–water partition coefficient (Wildman–Crippen LogP) is 2.06. The summed E-state index contributed by atoms with van der Waals surface area (Å²) in [6.45, 7) is 8.21. The first-order valence-electron chi connectivity index (χ1n) is 9.78. The third-order valence-corrected chi connectivity index (χ3v) is 5.85. The van der Waals surface area contributed by atoms with Gasteiger partial charge in [0, 0.05) is 50.5 Å². The van der Waals surface area contributed by atoms with Crippen molar-refractivity contribution in [2.45, 2.75) is 51.2 Å². The quantitative estimate of drug-likeness (QED) is 0.891. The highest BCUT2D eigenvalue weighted by molar-refractivity contribution is 5.82. The highest BCUT2D eigenvalue weighted by Crippen LogP contribution is 2.22. The molecule has 6 heteroatoms. The van der Waals surface area contributed by atoms with E-state index in [4.69, 9.17) is 5.73 Å². The van der Waals surface area contributed by atoms with Gasteiger partial charge in [-0.3, -0.25) is 9.69 Å². The van der Waals surface area contributed by atoms with Gasteiger partial charge in [0.05, 0.1) is 6.04 Å². The number of piperazine rings is 1. The van der Waals surface area contributed by atoms with Crippen molar-refractivity contribution in [2.75, 3.05) is 37.6 Å². The van der Waals surface area contributed by atoms with Crippen LogP contribution in [0.4, 0.5) is 10.1 Å². The Morgan fingerprint density at radius 3 is 2.35 bits per heavy atom. The lowest BCUT2D eigenvalue weighted by Gasteiger charge is -2.43. The molecule has 2 N–H and O–H groups in total. The fourth-order valence-electron chi connectivity index (χ4n) is 4.19. The van der Waals surface area contributed by atoms with Crippen molar-refractivity contribution in [3.8, 4) is 0 Å². The molecule has 2 aliphatic heterocycles. The smallest absolute Gasteiger partial charge is 0.239 e. The van der Waals surface area contributed by atoms with E-state index in [0.29, 0.717) is 0 Å². The van der Waals surface area contributed by atoms with E-state index in [-0.39, 0.29) is 29.8 Å². The van der Waals surface area contributed by atoms with Crippen LogP contribution in [0.3, 0.4) is 0 Å². The summed E-state index contributed by atoms with van der Waals surface area (Å²) in [6.07, 6.45) is 3.23. The molecule has 144 valence electrons. The molecule has 0 spiro atoms. The number of likely N-dealkylation sites (tertiary alicyclic amines) is 1. The number of hydrogen-bond donors (Lipinski definition) is 1. The van der Waals surface area contributed by atoms with Gasteiger partial charge in [-0.15, -0.1) is 0 Å². The van der Waals surface area contributed by atoms with Crippen molar-refractivity contribution in [1.82, 2.24) is 9.80 Å². The molecule has 1 aromatic carbocycles. The summed E-state index contributed by atoms with van der Waals surface area (Å²) >= 11 is 0. The van der Waals surface area contributed by atoms with E-state index in [0.717, 1.165) is 57.7 Å². The van der Waals surface area contributed by atoms with Gasteiger partial charge in [-0.2, -0.15) is 0 Å².